The summed E-state index contributed by atoms with van der Waals surface area (Å²) in [5.74, 6) is 0.0653. The summed E-state index contributed by atoms with van der Waals surface area (Å²) in [7, 11) is 0. The molecule has 0 spiro atoms. The van der Waals surface area contributed by atoms with E-state index in [4.69, 9.17) is 11.6 Å². The van der Waals surface area contributed by atoms with E-state index < -0.39 is 0 Å². The maximum absolute atomic E-state index is 11.5. The van der Waals surface area contributed by atoms with E-state index in [9.17, 15) is 4.79 Å². The first-order valence-corrected chi connectivity index (χ1v) is 5.18. The lowest BCUT2D eigenvalue weighted by atomic mass is 10.2. The Balaban J connectivity index is 2.02. The number of benzene rings is 1. The molecule has 0 N–H and O–H groups in total. The summed E-state index contributed by atoms with van der Waals surface area (Å²) in [5, 5.41) is -0.307. The molecular formula is C11H12ClNO. The summed E-state index contributed by atoms with van der Waals surface area (Å²) >= 11 is 5.83. The van der Waals surface area contributed by atoms with E-state index in [1.807, 2.05) is 35.2 Å². The van der Waals surface area contributed by atoms with Crippen LogP contribution in [0.2, 0.25) is 0 Å². The van der Waals surface area contributed by atoms with Crippen molar-refractivity contribution < 1.29 is 4.79 Å². The molecule has 14 heavy (non-hydrogen) atoms. The third-order valence-electron chi connectivity index (χ3n) is 2.45. The lowest BCUT2D eigenvalue weighted by Gasteiger charge is -2.15. The number of nitrogens with zero attached hydrogens (tertiary/aromatic N) is 1. The van der Waals surface area contributed by atoms with Gasteiger partial charge in [-0.15, -0.1) is 11.6 Å². The Labute approximate surface area is 88.5 Å². The van der Waals surface area contributed by atoms with Gasteiger partial charge in [-0.05, 0) is 12.0 Å². The summed E-state index contributed by atoms with van der Waals surface area (Å²) in [6.45, 7) is 1.46. The first kappa shape index (κ1) is 9.53. The quantitative estimate of drug-likeness (QED) is 0.683. The maximum Gasteiger partial charge on any atom is 0.240 e. The van der Waals surface area contributed by atoms with Crippen LogP contribution in [0.1, 0.15) is 12.0 Å². The van der Waals surface area contributed by atoms with Crippen LogP contribution in [0.4, 0.5) is 0 Å². The van der Waals surface area contributed by atoms with Gasteiger partial charge in [-0.2, -0.15) is 0 Å². The van der Waals surface area contributed by atoms with Crippen molar-refractivity contribution in [1.29, 1.82) is 0 Å². The van der Waals surface area contributed by atoms with Crippen molar-refractivity contribution in [2.45, 2.75) is 18.3 Å². The Bertz CT molecular complexity index is 325. The summed E-state index contributed by atoms with van der Waals surface area (Å²) in [6, 6.07) is 9.98. The molecule has 2 rings (SSSR count). The number of halogens is 1. The van der Waals surface area contributed by atoms with Crippen molar-refractivity contribution in [3.05, 3.63) is 35.9 Å². The molecule has 1 aromatic carbocycles. The Morgan fingerprint density at radius 1 is 1.36 bits per heavy atom. The molecule has 3 heteroatoms. The maximum atomic E-state index is 11.5. The molecule has 0 aromatic heterocycles. The second-order valence-electron chi connectivity index (χ2n) is 3.50. The van der Waals surface area contributed by atoms with Gasteiger partial charge in [0, 0.05) is 13.1 Å². The molecule has 1 atom stereocenters. The van der Waals surface area contributed by atoms with Gasteiger partial charge < -0.3 is 4.90 Å². The van der Waals surface area contributed by atoms with Gasteiger partial charge >= 0.3 is 0 Å². The third-order valence-corrected chi connectivity index (χ3v) is 2.85. The second-order valence-corrected chi connectivity index (χ2v) is 4.03. The van der Waals surface area contributed by atoms with Crippen molar-refractivity contribution in [2.24, 2.45) is 0 Å². The Hall–Kier alpha value is -1.02. The van der Waals surface area contributed by atoms with Gasteiger partial charge in [0.05, 0.1) is 0 Å². The zero-order chi connectivity index (χ0) is 9.97. The fourth-order valence-corrected chi connectivity index (χ4v) is 1.90. The molecular weight excluding hydrogens is 198 g/mol. The molecule has 1 unspecified atom stereocenters. The van der Waals surface area contributed by atoms with Crippen LogP contribution in [0.3, 0.4) is 0 Å². The summed E-state index contributed by atoms with van der Waals surface area (Å²) < 4.78 is 0. The lowest BCUT2D eigenvalue weighted by molar-refractivity contribution is -0.127. The van der Waals surface area contributed by atoms with E-state index in [0.29, 0.717) is 6.54 Å². The zero-order valence-electron chi connectivity index (χ0n) is 7.82. The van der Waals surface area contributed by atoms with E-state index in [-0.39, 0.29) is 11.3 Å². The second kappa shape index (κ2) is 4.01. The van der Waals surface area contributed by atoms with Crippen LogP contribution >= 0.6 is 11.6 Å². The normalized spacial score (nSPS) is 21.6. The third kappa shape index (κ3) is 1.90. The molecule has 0 saturated carbocycles. The number of hydrogen-bond donors (Lipinski definition) is 0. The van der Waals surface area contributed by atoms with Gasteiger partial charge in [-0.3, -0.25) is 4.79 Å². The van der Waals surface area contributed by atoms with Crippen LogP contribution in [0.5, 0.6) is 0 Å². The van der Waals surface area contributed by atoms with Crippen LogP contribution in [-0.4, -0.2) is 22.7 Å². The molecule has 0 aliphatic carbocycles. The first-order valence-electron chi connectivity index (χ1n) is 4.74. The smallest absolute Gasteiger partial charge is 0.240 e. The minimum Gasteiger partial charge on any atom is -0.337 e. The Morgan fingerprint density at radius 3 is 2.64 bits per heavy atom. The fraction of sp³-hybridized carbons (Fsp3) is 0.364. The monoisotopic (exact) mass is 209 g/mol. The number of likely N-dealkylation sites (tertiary alicyclic amines) is 1. The highest BCUT2D eigenvalue weighted by Crippen LogP contribution is 2.18. The summed E-state index contributed by atoms with van der Waals surface area (Å²) in [6.07, 6.45) is 0.771. The van der Waals surface area contributed by atoms with E-state index in [2.05, 4.69) is 0 Å². The van der Waals surface area contributed by atoms with Gasteiger partial charge in [-0.25, -0.2) is 0 Å². The number of carbonyl (C=O) groups excluding carboxylic acids is 1. The molecule has 0 radical (unpaired) electrons. The van der Waals surface area contributed by atoms with Crippen LogP contribution in [0.25, 0.3) is 0 Å². The topological polar surface area (TPSA) is 20.3 Å². The van der Waals surface area contributed by atoms with Crippen molar-refractivity contribution in [1.82, 2.24) is 4.90 Å². The average Bonchev–Trinajstić information content (AvgIpc) is 2.52. The Kier molecular flexibility index (Phi) is 2.73. The van der Waals surface area contributed by atoms with Crippen LogP contribution < -0.4 is 0 Å². The molecule has 1 aromatic rings. The van der Waals surface area contributed by atoms with Gasteiger partial charge in [0.15, 0.2) is 0 Å². The largest absolute Gasteiger partial charge is 0.337 e. The van der Waals surface area contributed by atoms with Gasteiger partial charge in [-0.1, -0.05) is 30.3 Å². The molecule has 1 heterocycles. The van der Waals surface area contributed by atoms with E-state index in [0.717, 1.165) is 18.5 Å². The lowest BCUT2D eigenvalue weighted by Crippen LogP contribution is -2.26. The van der Waals surface area contributed by atoms with Gasteiger partial charge in [0.2, 0.25) is 5.91 Å². The molecule has 1 amide bonds. The predicted octanol–water partition coefficient (Wildman–Crippen LogP) is 2.03. The zero-order valence-corrected chi connectivity index (χ0v) is 8.57. The minimum atomic E-state index is -0.307. The SMILES string of the molecule is O=C1C(Cl)CCN1Cc1ccccc1. The van der Waals surface area contributed by atoms with Crippen molar-refractivity contribution in [3.8, 4) is 0 Å². The molecule has 1 aliphatic rings. The average molecular weight is 210 g/mol. The highest BCUT2D eigenvalue weighted by atomic mass is 35.5. The van der Waals surface area contributed by atoms with Crippen LogP contribution in [-0.2, 0) is 11.3 Å². The number of alkyl halides is 1. The van der Waals surface area contributed by atoms with Crippen LogP contribution in [0, 0.1) is 0 Å². The standard InChI is InChI=1S/C11H12ClNO/c12-10-6-7-13(11(10)14)8-9-4-2-1-3-5-9/h1-5,10H,6-8H2. The predicted molar refractivity (Wildman–Crippen MR) is 56.1 cm³/mol. The van der Waals surface area contributed by atoms with Crippen molar-refractivity contribution >= 4 is 17.5 Å². The van der Waals surface area contributed by atoms with Crippen molar-refractivity contribution in [3.63, 3.8) is 0 Å². The molecule has 1 fully saturated rings. The van der Waals surface area contributed by atoms with E-state index in [1.54, 1.807) is 0 Å². The fourth-order valence-electron chi connectivity index (χ4n) is 1.66. The van der Waals surface area contributed by atoms with Gasteiger partial charge in [0.1, 0.15) is 5.38 Å². The minimum absolute atomic E-state index is 0.0653. The summed E-state index contributed by atoms with van der Waals surface area (Å²) in [5.41, 5.74) is 1.16. The number of hydrogen-bond acceptors (Lipinski definition) is 1. The van der Waals surface area contributed by atoms with Gasteiger partial charge in [0.25, 0.3) is 0 Å². The molecule has 74 valence electrons. The molecule has 0 bridgehead atoms. The Morgan fingerprint density at radius 2 is 2.07 bits per heavy atom. The highest BCUT2D eigenvalue weighted by Gasteiger charge is 2.29. The summed E-state index contributed by atoms with van der Waals surface area (Å²) in [4.78, 5) is 13.3. The van der Waals surface area contributed by atoms with E-state index >= 15 is 0 Å². The molecule has 2 nitrogen and oxygen atoms in total. The number of rotatable bonds is 2. The first-order chi connectivity index (χ1) is 6.77. The molecule has 1 saturated heterocycles. The highest BCUT2D eigenvalue weighted by molar-refractivity contribution is 6.31. The number of carbonyl (C=O) groups is 1. The van der Waals surface area contributed by atoms with Crippen LogP contribution in [0.15, 0.2) is 30.3 Å². The number of amides is 1. The van der Waals surface area contributed by atoms with Crippen molar-refractivity contribution in [2.75, 3.05) is 6.54 Å². The van der Waals surface area contributed by atoms with E-state index in [1.165, 1.54) is 0 Å². The molecule has 1 aliphatic heterocycles.